The first kappa shape index (κ1) is 14.2. The van der Waals surface area contributed by atoms with Crippen LogP contribution in [0.25, 0.3) is 5.69 Å². The molecule has 3 aromatic rings. The summed E-state index contributed by atoms with van der Waals surface area (Å²) in [6, 6.07) is 10.8. The maximum atomic E-state index is 12.2. The standard InChI is InChI=1S/C13H12N6O2S/c20-22(21,18-17-13-14-7-4-8-15-13)12-9-16-19(10-12)11-5-2-1-3-6-11/h1-10,18H,(H,14,15,17). The molecule has 0 fully saturated rings. The fourth-order valence-corrected chi connectivity index (χ4v) is 2.47. The van der Waals surface area contributed by atoms with Gasteiger partial charge in [-0.15, -0.1) is 4.83 Å². The molecule has 0 aliphatic rings. The number of nitrogens with zero attached hydrogens (tertiary/aromatic N) is 4. The summed E-state index contributed by atoms with van der Waals surface area (Å²) in [5.74, 6) is 0.154. The number of hydrogen-bond donors (Lipinski definition) is 2. The molecule has 0 spiro atoms. The molecule has 0 aliphatic carbocycles. The maximum absolute atomic E-state index is 12.2. The minimum atomic E-state index is -3.77. The van der Waals surface area contributed by atoms with Crippen molar-refractivity contribution in [3.8, 4) is 5.69 Å². The van der Waals surface area contributed by atoms with Gasteiger partial charge in [0.15, 0.2) is 0 Å². The van der Waals surface area contributed by atoms with E-state index in [1.54, 1.807) is 6.07 Å². The number of anilines is 1. The number of hydrazine groups is 1. The van der Waals surface area contributed by atoms with Gasteiger partial charge in [0.1, 0.15) is 4.90 Å². The summed E-state index contributed by atoms with van der Waals surface area (Å²) in [6.07, 6.45) is 5.68. The van der Waals surface area contributed by atoms with E-state index >= 15 is 0 Å². The molecule has 2 heterocycles. The molecular formula is C13H12N6O2S. The van der Waals surface area contributed by atoms with Crippen LogP contribution in [0.15, 0.2) is 66.1 Å². The summed E-state index contributed by atoms with van der Waals surface area (Å²) in [6.45, 7) is 0. The molecule has 0 aliphatic heterocycles. The zero-order valence-electron chi connectivity index (χ0n) is 11.3. The van der Waals surface area contributed by atoms with E-state index in [4.69, 9.17) is 0 Å². The Kier molecular flexibility index (Phi) is 3.81. The highest BCUT2D eigenvalue weighted by Crippen LogP contribution is 2.11. The second kappa shape index (κ2) is 5.92. The highest BCUT2D eigenvalue weighted by atomic mass is 32.2. The molecule has 1 aromatic carbocycles. The van der Waals surface area contributed by atoms with Gasteiger partial charge in [0, 0.05) is 12.4 Å². The number of aromatic nitrogens is 4. The van der Waals surface area contributed by atoms with Gasteiger partial charge in [-0.25, -0.2) is 23.1 Å². The van der Waals surface area contributed by atoms with Crippen LogP contribution in [0.3, 0.4) is 0 Å². The molecule has 0 saturated carbocycles. The van der Waals surface area contributed by atoms with Crippen molar-refractivity contribution >= 4 is 16.0 Å². The Morgan fingerprint density at radius 1 is 1.00 bits per heavy atom. The van der Waals surface area contributed by atoms with Crippen LogP contribution in [0.2, 0.25) is 0 Å². The van der Waals surface area contributed by atoms with Gasteiger partial charge in [-0.05, 0) is 18.2 Å². The summed E-state index contributed by atoms with van der Waals surface area (Å²) >= 11 is 0. The fourth-order valence-electron chi connectivity index (χ4n) is 1.70. The third kappa shape index (κ3) is 3.10. The predicted molar refractivity (Wildman–Crippen MR) is 79.5 cm³/mol. The summed E-state index contributed by atoms with van der Waals surface area (Å²) < 4.78 is 25.8. The lowest BCUT2D eigenvalue weighted by atomic mass is 10.3. The molecule has 0 radical (unpaired) electrons. The molecule has 0 unspecified atom stereocenters. The molecule has 2 aromatic heterocycles. The van der Waals surface area contributed by atoms with E-state index in [1.807, 2.05) is 30.3 Å². The average molecular weight is 316 g/mol. The van der Waals surface area contributed by atoms with Crippen molar-refractivity contribution < 1.29 is 8.42 Å². The summed E-state index contributed by atoms with van der Waals surface area (Å²) in [4.78, 5) is 9.94. The Hall–Kier alpha value is -2.78. The SMILES string of the molecule is O=S(=O)(NNc1ncccn1)c1cnn(-c2ccccc2)c1. The Bertz CT molecular complexity index is 849. The van der Waals surface area contributed by atoms with Gasteiger partial charge >= 0.3 is 0 Å². The van der Waals surface area contributed by atoms with Crippen LogP contribution >= 0.6 is 0 Å². The fraction of sp³-hybridized carbons (Fsp3) is 0. The van der Waals surface area contributed by atoms with Crippen LogP contribution < -0.4 is 10.3 Å². The van der Waals surface area contributed by atoms with Gasteiger partial charge in [-0.1, -0.05) is 18.2 Å². The smallest absolute Gasteiger partial charge is 0.260 e. The van der Waals surface area contributed by atoms with E-state index in [2.05, 4.69) is 25.3 Å². The van der Waals surface area contributed by atoms with Crippen molar-refractivity contribution in [3.05, 3.63) is 61.2 Å². The molecule has 0 saturated heterocycles. The third-order valence-corrected chi connectivity index (χ3v) is 3.96. The van der Waals surface area contributed by atoms with Gasteiger partial charge in [-0.2, -0.15) is 5.10 Å². The van der Waals surface area contributed by atoms with Crippen molar-refractivity contribution in [2.75, 3.05) is 5.43 Å². The summed E-state index contributed by atoms with van der Waals surface area (Å²) in [5, 5.41) is 4.05. The monoisotopic (exact) mass is 316 g/mol. The van der Waals surface area contributed by atoms with Crippen molar-refractivity contribution in [1.29, 1.82) is 0 Å². The van der Waals surface area contributed by atoms with Crippen molar-refractivity contribution in [2.24, 2.45) is 0 Å². The van der Waals surface area contributed by atoms with Gasteiger partial charge in [-0.3, -0.25) is 5.43 Å². The number of benzene rings is 1. The second-order valence-corrected chi connectivity index (χ2v) is 5.94. The third-order valence-electron chi connectivity index (χ3n) is 2.75. The Balaban J connectivity index is 1.77. The van der Waals surface area contributed by atoms with Gasteiger partial charge in [0.2, 0.25) is 5.95 Å². The highest BCUT2D eigenvalue weighted by Gasteiger charge is 2.17. The number of hydrogen-bond acceptors (Lipinski definition) is 6. The molecule has 3 rings (SSSR count). The van der Waals surface area contributed by atoms with E-state index in [9.17, 15) is 8.42 Å². The highest BCUT2D eigenvalue weighted by molar-refractivity contribution is 7.89. The van der Waals surface area contributed by atoms with E-state index in [1.165, 1.54) is 29.5 Å². The first-order valence-electron chi connectivity index (χ1n) is 6.30. The first-order chi connectivity index (χ1) is 10.6. The predicted octanol–water partition coefficient (Wildman–Crippen LogP) is 0.968. The zero-order valence-corrected chi connectivity index (χ0v) is 12.1. The Labute approximate surface area is 126 Å². The van der Waals surface area contributed by atoms with E-state index < -0.39 is 10.0 Å². The lowest BCUT2D eigenvalue weighted by Crippen LogP contribution is -2.30. The van der Waals surface area contributed by atoms with Crippen LogP contribution in [-0.4, -0.2) is 28.2 Å². The molecule has 0 bridgehead atoms. The largest absolute Gasteiger partial charge is 0.276 e. The molecule has 9 heteroatoms. The Morgan fingerprint density at radius 3 is 2.45 bits per heavy atom. The van der Waals surface area contributed by atoms with Crippen molar-refractivity contribution in [1.82, 2.24) is 24.6 Å². The second-order valence-electron chi connectivity index (χ2n) is 4.26. The molecule has 0 amide bonds. The topological polar surface area (TPSA) is 102 Å². The molecule has 112 valence electrons. The molecule has 2 N–H and O–H groups in total. The molecule has 22 heavy (non-hydrogen) atoms. The quantitative estimate of drug-likeness (QED) is 0.680. The average Bonchev–Trinajstić information content (AvgIpc) is 3.06. The number of nitrogens with one attached hydrogen (secondary N) is 2. The molecule has 8 nitrogen and oxygen atoms in total. The van der Waals surface area contributed by atoms with Crippen LogP contribution in [0.1, 0.15) is 0 Å². The molecular weight excluding hydrogens is 304 g/mol. The van der Waals surface area contributed by atoms with E-state index in [-0.39, 0.29) is 10.8 Å². The summed E-state index contributed by atoms with van der Waals surface area (Å²) in [5.41, 5.74) is 3.20. The minimum Gasteiger partial charge on any atom is -0.276 e. The maximum Gasteiger partial charge on any atom is 0.260 e. The van der Waals surface area contributed by atoms with E-state index in [0.29, 0.717) is 0 Å². The normalized spacial score (nSPS) is 11.3. The van der Waals surface area contributed by atoms with Crippen LogP contribution in [-0.2, 0) is 10.0 Å². The van der Waals surface area contributed by atoms with Crippen LogP contribution in [0, 0.1) is 0 Å². The zero-order chi connectivity index (χ0) is 15.4. The summed E-state index contributed by atoms with van der Waals surface area (Å²) in [7, 11) is -3.77. The van der Waals surface area contributed by atoms with Crippen molar-refractivity contribution in [2.45, 2.75) is 4.90 Å². The first-order valence-corrected chi connectivity index (χ1v) is 7.78. The lowest BCUT2D eigenvalue weighted by Gasteiger charge is -2.05. The van der Waals surface area contributed by atoms with Gasteiger partial charge in [0.25, 0.3) is 10.0 Å². The van der Waals surface area contributed by atoms with Gasteiger partial charge in [0.05, 0.1) is 18.1 Å². The van der Waals surface area contributed by atoms with Crippen LogP contribution in [0.4, 0.5) is 5.95 Å². The number of para-hydroxylation sites is 1. The van der Waals surface area contributed by atoms with Gasteiger partial charge < -0.3 is 0 Å². The van der Waals surface area contributed by atoms with Crippen LogP contribution in [0.5, 0.6) is 0 Å². The minimum absolute atomic E-state index is 0.0276. The number of sulfonamides is 1. The Morgan fingerprint density at radius 2 is 1.73 bits per heavy atom. The lowest BCUT2D eigenvalue weighted by molar-refractivity contribution is 0.587. The van der Waals surface area contributed by atoms with Crippen molar-refractivity contribution in [3.63, 3.8) is 0 Å². The number of rotatable bonds is 5. The molecule has 0 atom stereocenters. The van der Waals surface area contributed by atoms with E-state index in [0.717, 1.165) is 5.69 Å².